The number of rotatable bonds is 2. The summed E-state index contributed by atoms with van der Waals surface area (Å²) in [5.74, 6) is 0. The number of hydrogen-bond acceptors (Lipinski definition) is 2. The zero-order valence-electron chi connectivity index (χ0n) is 10.6. The van der Waals surface area contributed by atoms with E-state index in [1.54, 1.807) is 0 Å². The maximum Gasteiger partial charge on any atom is 0.0230 e. The molecule has 92 valence electrons. The molecule has 1 aliphatic carbocycles. The molecular formula is C15H21NS. The predicted octanol–water partition coefficient (Wildman–Crippen LogP) is 4.27. The molecule has 0 N–H and O–H groups in total. The SMILES string of the molecule is Cc1ccc(SN2CCC3(CCC3)CC2)cc1. The van der Waals surface area contributed by atoms with E-state index in [-0.39, 0.29) is 0 Å². The minimum atomic E-state index is 0.768. The lowest BCUT2D eigenvalue weighted by atomic mass is 9.63. The molecule has 3 rings (SSSR count). The van der Waals surface area contributed by atoms with Crippen molar-refractivity contribution in [2.24, 2.45) is 5.41 Å². The Morgan fingerprint density at radius 1 is 1.00 bits per heavy atom. The van der Waals surface area contributed by atoms with Gasteiger partial charge in [0.2, 0.25) is 0 Å². The van der Waals surface area contributed by atoms with Gasteiger partial charge in [-0.3, -0.25) is 0 Å². The molecular weight excluding hydrogens is 226 g/mol. The average Bonchev–Trinajstić information content (AvgIpc) is 2.31. The van der Waals surface area contributed by atoms with Crippen molar-refractivity contribution in [1.29, 1.82) is 0 Å². The van der Waals surface area contributed by atoms with Crippen LogP contribution >= 0.6 is 11.9 Å². The Balaban J connectivity index is 1.55. The van der Waals surface area contributed by atoms with E-state index in [9.17, 15) is 0 Å². The molecule has 1 saturated carbocycles. The van der Waals surface area contributed by atoms with Gasteiger partial charge in [-0.25, -0.2) is 4.31 Å². The van der Waals surface area contributed by atoms with Crippen molar-refractivity contribution in [2.45, 2.75) is 43.9 Å². The molecule has 0 atom stereocenters. The lowest BCUT2D eigenvalue weighted by Gasteiger charge is -2.47. The van der Waals surface area contributed by atoms with Gasteiger partial charge in [-0.1, -0.05) is 24.1 Å². The predicted molar refractivity (Wildman–Crippen MR) is 74.1 cm³/mol. The van der Waals surface area contributed by atoms with Crippen molar-refractivity contribution < 1.29 is 0 Å². The summed E-state index contributed by atoms with van der Waals surface area (Å²) in [6, 6.07) is 8.90. The maximum absolute atomic E-state index is 2.55. The molecule has 0 radical (unpaired) electrons. The van der Waals surface area contributed by atoms with Gasteiger partial charge in [0.1, 0.15) is 0 Å². The molecule has 1 nitrogen and oxygen atoms in total. The molecule has 1 saturated heterocycles. The Bertz CT molecular complexity index is 370. The van der Waals surface area contributed by atoms with Crippen molar-refractivity contribution in [2.75, 3.05) is 13.1 Å². The molecule has 2 fully saturated rings. The van der Waals surface area contributed by atoms with Crippen molar-refractivity contribution in [3.63, 3.8) is 0 Å². The molecule has 0 unspecified atom stereocenters. The standard InChI is InChI=1S/C15H21NS/c1-13-3-5-14(6-4-13)17-16-11-9-15(10-12-16)7-2-8-15/h3-6H,2,7-12H2,1H3. The normalized spacial score (nSPS) is 23.6. The topological polar surface area (TPSA) is 3.24 Å². The first kappa shape index (κ1) is 11.6. The van der Waals surface area contributed by atoms with E-state index >= 15 is 0 Å². The van der Waals surface area contributed by atoms with Crippen LogP contribution in [0.1, 0.15) is 37.7 Å². The number of hydrogen-bond donors (Lipinski definition) is 0. The fourth-order valence-corrected chi connectivity index (χ4v) is 3.90. The zero-order valence-corrected chi connectivity index (χ0v) is 11.4. The molecule has 1 aliphatic heterocycles. The smallest absolute Gasteiger partial charge is 0.0230 e. The first-order chi connectivity index (χ1) is 8.26. The van der Waals surface area contributed by atoms with Crippen molar-refractivity contribution in [1.82, 2.24) is 4.31 Å². The molecule has 1 aromatic carbocycles. The second kappa shape index (κ2) is 4.66. The molecule has 2 aliphatic rings. The van der Waals surface area contributed by atoms with Gasteiger partial charge in [-0.05, 0) is 62.1 Å². The molecule has 0 bridgehead atoms. The summed E-state index contributed by atoms with van der Waals surface area (Å²) in [4.78, 5) is 1.39. The number of aryl methyl sites for hydroxylation is 1. The number of nitrogens with zero attached hydrogens (tertiary/aromatic N) is 1. The van der Waals surface area contributed by atoms with E-state index in [0.29, 0.717) is 0 Å². The van der Waals surface area contributed by atoms with Crippen molar-refractivity contribution in [3.8, 4) is 0 Å². The highest BCUT2D eigenvalue weighted by Gasteiger charge is 2.39. The van der Waals surface area contributed by atoms with Gasteiger partial charge in [-0.15, -0.1) is 0 Å². The quantitative estimate of drug-likeness (QED) is 0.718. The van der Waals surface area contributed by atoms with Gasteiger partial charge in [0.25, 0.3) is 0 Å². The second-order valence-electron chi connectivity index (χ2n) is 5.69. The van der Waals surface area contributed by atoms with Crippen LogP contribution in [0.3, 0.4) is 0 Å². The Labute approximate surface area is 109 Å². The van der Waals surface area contributed by atoms with Gasteiger partial charge in [-0.2, -0.15) is 0 Å². The summed E-state index contributed by atoms with van der Waals surface area (Å²) in [6.07, 6.45) is 7.31. The largest absolute Gasteiger partial charge is 0.246 e. The number of benzene rings is 1. The van der Waals surface area contributed by atoms with E-state index < -0.39 is 0 Å². The monoisotopic (exact) mass is 247 g/mol. The minimum Gasteiger partial charge on any atom is -0.246 e. The molecule has 17 heavy (non-hydrogen) atoms. The van der Waals surface area contributed by atoms with Crippen LogP contribution in [0.25, 0.3) is 0 Å². The first-order valence-corrected chi connectivity index (χ1v) is 7.53. The van der Waals surface area contributed by atoms with Crippen LogP contribution in [0.5, 0.6) is 0 Å². The highest BCUT2D eigenvalue weighted by molar-refractivity contribution is 7.97. The highest BCUT2D eigenvalue weighted by atomic mass is 32.2. The van der Waals surface area contributed by atoms with Gasteiger partial charge < -0.3 is 0 Å². The molecule has 1 aromatic rings. The van der Waals surface area contributed by atoms with Crippen molar-refractivity contribution in [3.05, 3.63) is 29.8 Å². The van der Waals surface area contributed by atoms with Gasteiger partial charge in [0, 0.05) is 18.0 Å². The Hall–Kier alpha value is -0.470. The molecule has 1 spiro atoms. The van der Waals surface area contributed by atoms with Crippen LogP contribution < -0.4 is 0 Å². The summed E-state index contributed by atoms with van der Waals surface area (Å²) in [5, 5.41) is 0. The van der Waals surface area contributed by atoms with Gasteiger partial charge in [0.15, 0.2) is 0 Å². The van der Waals surface area contributed by atoms with Crippen LogP contribution in [0.4, 0.5) is 0 Å². The van der Waals surface area contributed by atoms with E-state index in [1.165, 1.54) is 55.7 Å². The van der Waals surface area contributed by atoms with E-state index in [4.69, 9.17) is 0 Å². The molecule has 0 aromatic heterocycles. The maximum atomic E-state index is 2.55. The zero-order chi connectivity index (χ0) is 11.7. The van der Waals surface area contributed by atoms with E-state index in [1.807, 2.05) is 11.9 Å². The molecule has 2 heteroatoms. The summed E-state index contributed by atoms with van der Waals surface area (Å²) >= 11 is 1.94. The summed E-state index contributed by atoms with van der Waals surface area (Å²) < 4.78 is 2.55. The van der Waals surface area contributed by atoms with Crippen LogP contribution in [0, 0.1) is 12.3 Å². The van der Waals surface area contributed by atoms with Crippen LogP contribution in [-0.4, -0.2) is 17.4 Å². The first-order valence-electron chi connectivity index (χ1n) is 6.75. The molecule has 1 heterocycles. The number of piperidine rings is 1. The Morgan fingerprint density at radius 2 is 1.65 bits per heavy atom. The Kier molecular flexibility index (Phi) is 3.18. The molecule has 0 amide bonds. The summed E-state index contributed by atoms with van der Waals surface area (Å²) in [7, 11) is 0. The highest BCUT2D eigenvalue weighted by Crippen LogP contribution is 2.49. The third-order valence-corrected chi connectivity index (χ3v) is 5.56. The fraction of sp³-hybridized carbons (Fsp3) is 0.600. The summed E-state index contributed by atoms with van der Waals surface area (Å²) in [5.41, 5.74) is 2.12. The lowest BCUT2D eigenvalue weighted by Crippen LogP contribution is -2.40. The second-order valence-corrected chi connectivity index (χ2v) is 6.86. The fourth-order valence-electron chi connectivity index (χ4n) is 2.98. The van der Waals surface area contributed by atoms with Crippen molar-refractivity contribution >= 4 is 11.9 Å². The van der Waals surface area contributed by atoms with Crippen LogP contribution in [0.2, 0.25) is 0 Å². The Morgan fingerprint density at radius 3 is 2.18 bits per heavy atom. The third-order valence-electron chi connectivity index (χ3n) is 4.45. The van der Waals surface area contributed by atoms with Crippen LogP contribution in [0.15, 0.2) is 29.2 Å². The summed E-state index contributed by atoms with van der Waals surface area (Å²) in [6.45, 7) is 4.70. The van der Waals surface area contributed by atoms with E-state index in [0.717, 1.165) is 5.41 Å². The van der Waals surface area contributed by atoms with Gasteiger partial charge >= 0.3 is 0 Å². The third kappa shape index (κ3) is 2.53. The average molecular weight is 247 g/mol. The minimum absolute atomic E-state index is 0.768. The van der Waals surface area contributed by atoms with E-state index in [2.05, 4.69) is 35.5 Å². The van der Waals surface area contributed by atoms with Gasteiger partial charge in [0.05, 0.1) is 0 Å². The lowest BCUT2D eigenvalue weighted by molar-refractivity contribution is 0.0639. The van der Waals surface area contributed by atoms with Crippen LogP contribution in [-0.2, 0) is 0 Å².